The molecule has 4 rings (SSSR count). The smallest absolute Gasteiger partial charge is 0.256 e. The third-order valence-electron chi connectivity index (χ3n) is 6.31. The number of anilines is 1. The van der Waals surface area contributed by atoms with Gasteiger partial charge in [0, 0.05) is 36.6 Å². The van der Waals surface area contributed by atoms with Gasteiger partial charge in [0.2, 0.25) is 5.91 Å². The molecule has 0 spiro atoms. The summed E-state index contributed by atoms with van der Waals surface area (Å²) in [6.45, 7) is 6.24. The maximum atomic E-state index is 14.6. The third-order valence-corrected chi connectivity index (χ3v) is 6.55. The first kappa shape index (κ1) is 25.1. The minimum atomic E-state index is -0.866. The average Bonchev–Trinajstić information content (AvgIpc) is 2.87. The normalized spacial score (nSPS) is 18.3. The lowest BCUT2D eigenvalue weighted by Gasteiger charge is -2.41. The van der Waals surface area contributed by atoms with E-state index in [1.165, 1.54) is 15.9 Å². The van der Waals surface area contributed by atoms with Crippen molar-refractivity contribution >= 4 is 35.0 Å². The van der Waals surface area contributed by atoms with Crippen molar-refractivity contribution in [1.82, 2.24) is 9.80 Å². The monoisotopic (exact) mass is 501 g/mol. The maximum absolute atomic E-state index is 14.6. The van der Waals surface area contributed by atoms with E-state index in [0.29, 0.717) is 24.2 Å². The first-order valence-corrected chi connectivity index (χ1v) is 12.0. The molecular formula is C26H29ClFN3O4. The third kappa shape index (κ3) is 5.04. The fourth-order valence-electron chi connectivity index (χ4n) is 4.65. The lowest BCUT2D eigenvalue weighted by molar-refractivity contribution is -0.137. The number of hydrogen-bond donors (Lipinski definition) is 1. The first-order valence-electron chi connectivity index (χ1n) is 11.6. The fourth-order valence-corrected chi connectivity index (χ4v) is 4.81. The number of rotatable bonds is 4. The highest BCUT2D eigenvalue weighted by atomic mass is 35.5. The molecule has 186 valence electrons. The van der Waals surface area contributed by atoms with Crippen molar-refractivity contribution in [2.45, 2.75) is 33.2 Å². The number of nitrogens with zero attached hydrogens (tertiary/aromatic N) is 3. The van der Waals surface area contributed by atoms with E-state index in [4.69, 9.17) is 11.6 Å². The van der Waals surface area contributed by atoms with Crippen molar-refractivity contribution in [3.63, 3.8) is 0 Å². The molecule has 2 aromatic carbocycles. The minimum Gasteiger partial charge on any atom is -0.395 e. The van der Waals surface area contributed by atoms with Gasteiger partial charge in [-0.25, -0.2) is 4.39 Å². The fraction of sp³-hybridized carbons (Fsp3) is 0.423. The van der Waals surface area contributed by atoms with Crippen molar-refractivity contribution in [2.75, 3.05) is 37.7 Å². The lowest BCUT2D eigenvalue weighted by atomic mass is 9.91. The number of benzene rings is 2. The second kappa shape index (κ2) is 9.59. The zero-order chi connectivity index (χ0) is 25.5. The molecule has 1 unspecified atom stereocenters. The molecule has 0 aliphatic carbocycles. The Morgan fingerprint density at radius 3 is 2.51 bits per heavy atom. The van der Waals surface area contributed by atoms with Crippen LogP contribution in [0.3, 0.4) is 0 Å². The van der Waals surface area contributed by atoms with Crippen molar-refractivity contribution in [2.24, 2.45) is 5.41 Å². The second-order valence-corrected chi connectivity index (χ2v) is 10.6. The van der Waals surface area contributed by atoms with Gasteiger partial charge < -0.3 is 19.8 Å². The Morgan fingerprint density at radius 2 is 1.86 bits per heavy atom. The maximum Gasteiger partial charge on any atom is 0.256 e. The van der Waals surface area contributed by atoms with Crippen LogP contribution in [0.5, 0.6) is 0 Å². The summed E-state index contributed by atoms with van der Waals surface area (Å²) < 4.78 is 14.6. The van der Waals surface area contributed by atoms with Crippen LogP contribution in [-0.2, 0) is 9.59 Å². The van der Waals surface area contributed by atoms with Crippen molar-refractivity contribution in [3.05, 3.63) is 52.8 Å². The molecule has 1 N–H and O–H groups in total. The van der Waals surface area contributed by atoms with Crippen LogP contribution in [0.25, 0.3) is 11.1 Å². The number of aliphatic hydroxyl groups excluding tert-OH is 1. The highest BCUT2D eigenvalue weighted by molar-refractivity contribution is 6.30. The lowest BCUT2D eigenvalue weighted by Crippen LogP contribution is -2.61. The summed E-state index contributed by atoms with van der Waals surface area (Å²) in [6, 6.07) is 8.26. The van der Waals surface area contributed by atoms with Crippen molar-refractivity contribution < 1.29 is 23.9 Å². The van der Waals surface area contributed by atoms with Crippen LogP contribution in [0, 0.1) is 11.2 Å². The number of fused-ring (bicyclic) bond motifs is 2. The van der Waals surface area contributed by atoms with E-state index < -0.39 is 11.9 Å². The zero-order valence-corrected chi connectivity index (χ0v) is 20.8. The van der Waals surface area contributed by atoms with Crippen LogP contribution >= 0.6 is 11.6 Å². The zero-order valence-electron chi connectivity index (χ0n) is 20.1. The van der Waals surface area contributed by atoms with E-state index in [-0.39, 0.29) is 65.5 Å². The Hall–Kier alpha value is -2.97. The van der Waals surface area contributed by atoms with Gasteiger partial charge in [-0.15, -0.1) is 0 Å². The van der Waals surface area contributed by atoms with Gasteiger partial charge in [-0.3, -0.25) is 14.4 Å². The molecule has 2 aliphatic rings. The Labute approximate surface area is 209 Å². The number of halogens is 2. The molecule has 3 amide bonds. The average molecular weight is 502 g/mol. The van der Waals surface area contributed by atoms with Gasteiger partial charge in [0.15, 0.2) is 0 Å². The van der Waals surface area contributed by atoms with Gasteiger partial charge in [-0.05, 0) is 41.3 Å². The van der Waals surface area contributed by atoms with E-state index in [9.17, 15) is 23.9 Å². The molecule has 0 bridgehead atoms. The van der Waals surface area contributed by atoms with E-state index in [0.717, 1.165) is 0 Å². The van der Waals surface area contributed by atoms with Crippen LogP contribution in [0.4, 0.5) is 10.1 Å². The molecule has 2 aromatic rings. The number of amides is 3. The number of β-amino-alcohol motifs (C(OH)–C–C–N with tert-alkyl or cyclic N) is 1. The number of carbonyl (C=O) groups is 3. The van der Waals surface area contributed by atoms with Crippen LogP contribution < -0.4 is 4.90 Å². The Bertz CT molecular complexity index is 1180. The molecule has 0 radical (unpaired) electrons. The molecule has 2 aliphatic heterocycles. The topological polar surface area (TPSA) is 81.2 Å². The Balaban J connectivity index is 1.72. The van der Waals surface area contributed by atoms with Gasteiger partial charge in [0.05, 0.1) is 24.4 Å². The quantitative estimate of drug-likeness (QED) is 0.694. The van der Waals surface area contributed by atoms with Crippen molar-refractivity contribution in [1.29, 1.82) is 0 Å². The number of aliphatic hydroxyl groups is 1. The molecule has 2 heterocycles. The van der Waals surface area contributed by atoms with Crippen molar-refractivity contribution in [3.8, 4) is 11.1 Å². The summed E-state index contributed by atoms with van der Waals surface area (Å²) in [5, 5.41) is 9.92. The summed E-state index contributed by atoms with van der Waals surface area (Å²) in [7, 11) is 0. The minimum absolute atomic E-state index is 0.00591. The Morgan fingerprint density at radius 1 is 1.11 bits per heavy atom. The molecule has 1 saturated heterocycles. The molecule has 1 fully saturated rings. The standard InChI is InChI=1S/C26H29ClFN3O4/c1-26(2,3)14-23(33)29-8-9-30-22(15-29)25(35)31(10-11-32)21-7-4-16(12-19(21)24(30)34)18-6-5-17(27)13-20(18)28/h4-7,12-13,22,32H,8-11,14-15H2,1-3H3. The number of carbonyl (C=O) groups excluding carboxylic acids is 3. The van der Waals surface area contributed by atoms with E-state index in [2.05, 4.69) is 0 Å². The predicted octanol–water partition coefficient (Wildman–Crippen LogP) is 3.57. The number of hydrogen-bond acceptors (Lipinski definition) is 4. The molecule has 35 heavy (non-hydrogen) atoms. The SMILES string of the molecule is CC(C)(C)CC(=O)N1CCN2C(=O)c3cc(-c4ccc(Cl)cc4F)ccc3N(CCO)C(=O)C2C1. The van der Waals surface area contributed by atoms with Gasteiger partial charge in [0.1, 0.15) is 11.9 Å². The molecule has 1 atom stereocenters. The summed E-state index contributed by atoms with van der Waals surface area (Å²) in [5.74, 6) is -1.30. The van der Waals surface area contributed by atoms with E-state index in [1.54, 1.807) is 35.2 Å². The summed E-state index contributed by atoms with van der Waals surface area (Å²) in [5.41, 5.74) is 1.15. The molecule has 9 heteroatoms. The van der Waals surface area contributed by atoms with Crippen LogP contribution in [0.1, 0.15) is 37.6 Å². The first-order chi connectivity index (χ1) is 16.5. The molecule has 0 saturated carbocycles. The summed E-state index contributed by atoms with van der Waals surface area (Å²) >= 11 is 5.88. The second-order valence-electron chi connectivity index (χ2n) is 10.2. The molecule has 0 aromatic heterocycles. The highest BCUT2D eigenvalue weighted by Gasteiger charge is 2.43. The summed E-state index contributed by atoms with van der Waals surface area (Å²) in [4.78, 5) is 44.6. The van der Waals surface area contributed by atoms with Crippen LogP contribution in [0.2, 0.25) is 5.02 Å². The van der Waals surface area contributed by atoms with Crippen LogP contribution in [-0.4, -0.2) is 71.5 Å². The largest absolute Gasteiger partial charge is 0.395 e. The molecule has 7 nitrogen and oxygen atoms in total. The Kier molecular flexibility index (Phi) is 6.88. The van der Waals surface area contributed by atoms with E-state index in [1.807, 2.05) is 20.8 Å². The van der Waals surface area contributed by atoms with Gasteiger partial charge in [-0.1, -0.05) is 38.4 Å². The van der Waals surface area contributed by atoms with Gasteiger partial charge in [-0.2, -0.15) is 0 Å². The summed E-state index contributed by atoms with van der Waals surface area (Å²) in [6.07, 6.45) is 0.332. The van der Waals surface area contributed by atoms with E-state index >= 15 is 0 Å². The highest BCUT2D eigenvalue weighted by Crippen LogP contribution is 2.35. The van der Waals surface area contributed by atoms with Gasteiger partial charge >= 0.3 is 0 Å². The number of piperazine rings is 1. The predicted molar refractivity (Wildman–Crippen MR) is 132 cm³/mol. The molecular weight excluding hydrogens is 473 g/mol. The van der Waals surface area contributed by atoms with Crippen LogP contribution in [0.15, 0.2) is 36.4 Å². The van der Waals surface area contributed by atoms with Gasteiger partial charge in [0.25, 0.3) is 11.8 Å².